The van der Waals surface area contributed by atoms with Gasteiger partial charge >= 0.3 is 12.1 Å². The van der Waals surface area contributed by atoms with Gasteiger partial charge in [0.05, 0.1) is 10.6 Å². The lowest BCUT2D eigenvalue weighted by molar-refractivity contribution is -0.620. The second kappa shape index (κ2) is 11.4. The van der Waals surface area contributed by atoms with Gasteiger partial charge in [-0.3, -0.25) is 5.32 Å². The van der Waals surface area contributed by atoms with Crippen LogP contribution in [0.2, 0.25) is 10.2 Å². The van der Waals surface area contributed by atoms with E-state index in [-0.39, 0.29) is 23.1 Å². The molecule has 1 unspecified atom stereocenters. The largest absolute Gasteiger partial charge is 0.618 e. The van der Waals surface area contributed by atoms with Crippen LogP contribution < -0.4 is 10.0 Å². The Kier molecular flexibility index (Phi) is 8.21. The Balaban J connectivity index is 1.47. The Morgan fingerprint density at radius 1 is 1.09 bits per heavy atom. The highest BCUT2D eigenvalue weighted by Gasteiger charge is 2.49. The first-order valence-corrected chi connectivity index (χ1v) is 15.4. The van der Waals surface area contributed by atoms with Crippen molar-refractivity contribution in [1.82, 2.24) is 9.97 Å². The summed E-state index contributed by atoms with van der Waals surface area (Å²) >= 11 is 14.0. The second-order valence-electron chi connectivity index (χ2n) is 12.5. The number of carbonyl (C=O) groups is 2. The molecule has 232 valence electrons. The third-order valence-electron chi connectivity index (χ3n) is 6.68. The maximum absolute atomic E-state index is 13.5. The van der Waals surface area contributed by atoms with E-state index >= 15 is 0 Å². The standard InChI is InChI=1S/C31H32Cl2N4O6S/c1-29(2,3)42-26(38)22-10-9-21(44-22)23-25(33)36-27(35-23)31(40)12-11-16-13-17(15-37(41)24(16)31)19-14-18(32)7-8-20(19)34-28(39)43-30(4,5)6/h7-10,13-15,40H,11-12H2,1-6H3,(H,34,39)(H,35,36). The Labute approximate surface area is 268 Å². The average Bonchev–Trinajstić information content (AvgIpc) is 3.61. The van der Waals surface area contributed by atoms with Crippen LogP contribution in [0.3, 0.4) is 0 Å². The predicted octanol–water partition coefficient (Wildman–Crippen LogP) is 7.23. The van der Waals surface area contributed by atoms with Gasteiger partial charge in [-0.25, -0.2) is 14.6 Å². The molecule has 0 fully saturated rings. The number of ether oxygens (including phenoxy) is 2. The zero-order valence-electron chi connectivity index (χ0n) is 25.0. The molecule has 0 saturated heterocycles. The average molecular weight is 660 g/mol. The number of nitrogens with one attached hydrogen (secondary N) is 2. The first-order chi connectivity index (χ1) is 20.4. The molecule has 0 spiro atoms. The number of aliphatic hydroxyl groups is 1. The zero-order valence-corrected chi connectivity index (χ0v) is 27.3. The van der Waals surface area contributed by atoms with Crippen LogP contribution in [0, 0.1) is 5.21 Å². The lowest BCUT2D eigenvalue weighted by atomic mass is 9.98. The number of nitrogens with zero attached hydrogens (tertiary/aromatic N) is 2. The smallest absolute Gasteiger partial charge is 0.412 e. The van der Waals surface area contributed by atoms with Gasteiger partial charge in [0.2, 0.25) is 11.3 Å². The number of hydrogen-bond donors (Lipinski definition) is 3. The van der Waals surface area contributed by atoms with E-state index in [1.54, 1.807) is 77.9 Å². The molecule has 4 aromatic rings. The fourth-order valence-electron chi connectivity index (χ4n) is 4.97. The van der Waals surface area contributed by atoms with Gasteiger partial charge in [0.1, 0.15) is 26.9 Å². The fourth-order valence-corrected chi connectivity index (χ4v) is 6.31. The molecule has 10 nitrogen and oxygen atoms in total. The van der Waals surface area contributed by atoms with Crippen molar-refractivity contribution in [3.05, 3.63) is 79.9 Å². The molecular weight excluding hydrogens is 627 g/mol. The molecule has 13 heteroatoms. The van der Waals surface area contributed by atoms with Gasteiger partial charge in [0.15, 0.2) is 12.0 Å². The quantitative estimate of drug-likeness (QED) is 0.117. The molecule has 1 atom stereocenters. The van der Waals surface area contributed by atoms with Gasteiger partial charge < -0.3 is 24.8 Å². The normalized spacial score (nSPS) is 16.5. The summed E-state index contributed by atoms with van der Waals surface area (Å²) in [5, 5.41) is 28.7. The molecule has 1 aliphatic rings. The van der Waals surface area contributed by atoms with Gasteiger partial charge in [0.25, 0.3) is 0 Å². The number of amides is 1. The number of rotatable bonds is 5. The Morgan fingerprint density at radius 2 is 1.80 bits per heavy atom. The van der Waals surface area contributed by atoms with Crippen molar-refractivity contribution >= 4 is 52.3 Å². The number of aromatic amines is 1. The summed E-state index contributed by atoms with van der Waals surface area (Å²) < 4.78 is 11.4. The highest BCUT2D eigenvalue weighted by Crippen LogP contribution is 2.43. The minimum absolute atomic E-state index is 0.107. The molecule has 44 heavy (non-hydrogen) atoms. The van der Waals surface area contributed by atoms with Crippen molar-refractivity contribution in [3.8, 4) is 21.7 Å². The minimum Gasteiger partial charge on any atom is -0.618 e. The number of aromatic nitrogens is 3. The van der Waals surface area contributed by atoms with Gasteiger partial charge in [-0.05, 0) is 90.8 Å². The van der Waals surface area contributed by atoms with E-state index < -0.39 is 28.9 Å². The number of H-pyrrole nitrogens is 1. The molecule has 0 saturated carbocycles. The Morgan fingerprint density at radius 3 is 2.48 bits per heavy atom. The first kappa shape index (κ1) is 31.8. The van der Waals surface area contributed by atoms with E-state index in [4.69, 9.17) is 32.7 Å². The number of aryl methyl sites for hydroxylation is 1. The van der Waals surface area contributed by atoms with Crippen molar-refractivity contribution in [1.29, 1.82) is 0 Å². The summed E-state index contributed by atoms with van der Waals surface area (Å²) in [6.07, 6.45) is 1.20. The summed E-state index contributed by atoms with van der Waals surface area (Å²) in [7, 11) is 0. The number of esters is 1. The first-order valence-electron chi connectivity index (χ1n) is 13.8. The number of halogens is 2. The molecule has 1 amide bonds. The van der Waals surface area contributed by atoms with Crippen molar-refractivity contribution in [2.45, 2.75) is 71.2 Å². The number of carbonyl (C=O) groups excluding carboxylic acids is 2. The van der Waals surface area contributed by atoms with Gasteiger partial charge in [-0.2, -0.15) is 4.73 Å². The minimum atomic E-state index is -1.76. The number of imidazole rings is 1. The molecule has 0 bridgehead atoms. The summed E-state index contributed by atoms with van der Waals surface area (Å²) in [6, 6.07) is 10.0. The summed E-state index contributed by atoms with van der Waals surface area (Å²) in [5.41, 5.74) is -0.650. The highest BCUT2D eigenvalue weighted by molar-refractivity contribution is 7.17. The van der Waals surface area contributed by atoms with Crippen LogP contribution in [-0.4, -0.2) is 38.3 Å². The molecule has 1 aromatic carbocycles. The lowest BCUT2D eigenvalue weighted by Gasteiger charge is -2.21. The van der Waals surface area contributed by atoms with E-state index in [0.29, 0.717) is 54.0 Å². The van der Waals surface area contributed by atoms with E-state index in [1.165, 1.54) is 6.20 Å². The maximum Gasteiger partial charge on any atom is 0.412 e. The number of benzene rings is 1. The van der Waals surface area contributed by atoms with Crippen LogP contribution >= 0.6 is 34.5 Å². The van der Waals surface area contributed by atoms with Crippen LogP contribution in [0.25, 0.3) is 21.7 Å². The lowest BCUT2D eigenvalue weighted by Crippen LogP contribution is -2.42. The van der Waals surface area contributed by atoms with Crippen LogP contribution in [0.4, 0.5) is 10.5 Å². The van der Waals surface area contributed by atoms with Crippen molar-refractivity contribution in [2.24, 2.45) is 0 Å². The zero-order chi connectivity index (χ0) is 32.2. The highest BCUT2D eigenvalue weighted by atomic mass is 35.5. The van der Waals surface area contributed by atoms with Crippen LogP contribution in [0.5, 0.6) is 0 Å². The topological polar surface area (TPSA) is 140 Å². The summed E-state index contributed by atoms with van der Waals surface area (Å²) in [6.45, 7) is 10.6. The SMILES string of the molecule is CC(C)(C)OC(=O)Nc1ccc(Cl)cc1-c1cc2c([n+]([O-])c1)C(O)(c1nc(-c3ccc(C(=O)OC(C)(C)C)s3)c(Cl)[nH]1)CC2. The Hall–Kier alpha value is -3.64. The van der Waals surface area contributed by atoms with Gasteiger partial charge in [-0.1, -0.05) is 23.2 Å². The van der Waals surface area contributed by atoms with Gasteiger partial charge in [-0.15, -0.1) is 11.3 Å². The monoisotopic (exact) mass is 658 g/mol. The Bertz CT molecular complexity index is 1770. The summed E-state index contributed by atoms with van der Waals surface area (Å²) in [5.74, 6) is -0.354. The number of hydrogen-bond acceptors (Lipinski definition) is 8. The number of fused-ring (bicyclic) bond motifs is 1. The van der Waals surface area contributed by atoms with Crippen molar-refractivity contribution in [2.75, 3.05) is 5.32 Å². The molecule has 0 radical (unpaired) electrons. The summed E-state index contributed by atoms with van der Waals surface area (Å²) in [4.78, 5) is 33.5. The number of anilines is 1. The van der Waals surface area contributed by atoms with Gasteiger partial charge in [0, 0.05) is 21.7 Å². The van der Waals surface area contributed by atoms with Crippen LogP contribution in [-0.2, 0) is 21.5 Å². The molecule has 3 aromatic heterocycles. The van der Waals surface area contributed by atoms with Crippen LogP contribution in [0.15, 0.2) is 42.6 Å². The maximum atomic E-state index is 13.5. The molecule has 3 N–H and O–H groups in total. The molecule has 0 aliphatic heterocycles. The fraction of sp³-hybridized carbons (Fsp3) is 0.355. The van der Waals surface area contributed by atoms with E-state index in [9.17, 15) is 19.9 Å². The van der Waals surface area contributed by atoms with E-state index in [2.05, 4.69) is 15.3 Å². The third-order valence-corrected chi connectivity index (χ3v) is 8.26. The van der Waals surface area contributed by atoms with Crippen molar-refractivity contribution < 1.29 is 28.9 Å². The number of thiophene rings is 1. The molecule has 5 rings (SSSR count). The van der Waals surface area contributed by atoms with E-state index in [1.807, 2.05) is 0 Å². The van der Waals surface area contributed by atoms with E-state index in [0.717, 1.165) is 11.3 Å². The second-order valence-corrected chi connectivity index (χ2v) is 14.4. The molecular formula is C31H32Cl2N4O6S. The van der Waals surface area contributed by atoms with Crippen molar-refractivity contribution in [3.63, 3.8) is 0 Å². The number of pyridine rings is 1. The molecule has 3 heterocycles. The third kappa shape index (κ3) is 6.56. The molecule has 1 aliphatic carbocycles. The van der Waals surface area contributed by atoms with Crippen LogP contribution in [0.1, 0.15) is 74.7 Å². The predicted molar refractivity (Wildman–Crippen MR) is 169 cm³/mol.